The molecule has 98 valence electrons. The van der Waals surface area contributed by atoms with Gasteiger partial charge in [0.2, 0.25) is 0 Å². The molecule has 3 atom stereocenters. The molecule has 0 spiro atoms. The first kappa shape index (κ1) is 13.0. The SMILES string of the molecule is CC1CCC(NCc2ccc([N+](=O)[O-])cc2)C1C. The summed E-state index contributed by atoms with van der Waals surface area (Å²) in [5, 5.41) is 14.1. The first-order valence-electron chi connectivity index (χ1n) is 6.54. The predicted molar refractivity (Wildman–Crippen MR) is 71.3 cm³/mol. The first-order valence-corrected chi connectivity index (χ1v) is 6.54. The summed E-state index contributed by atoms with van der Waals surface area (Å²) >= 11 is 0. The van der Waals surface area contributed by atoms with Gasteiger partial charge in [0.05, 0.1) is 4.92 Å². The number of nitrogens with one attached hydrogen (secondary N) is 1. The standard InChI is InChI=1S/C14H20N2O2/c1-10-3-8-14(11(10)2)15-9-12-4-6-13(7-5-12)16(17)18/h4-7,10-11,14-15H,3,8-9H2,1-2H3. The highest BCUT2D eigenvalue weighted by Crippen LogP contribution is 2.31. The Hall–Kier alpha value is -1.42. The van der Waals surface area contributed by atoms with Crippen LogP contribution in [0.4, 0.5) is 5.69 Å². The summed E-state index contributed by atoms with van der Waals surface area (Å²) in [4.78, 5) is 10.2. The van der Waals surface area contributed by atoms with Gasteiger partial charge in [-0.05, 0) is 30.2 Å². The Morgan fingerprint density at radius 3 is 2.44 bits per heavy atom. The Balaban J connectivity index is 1.89. The maximum absolute atomic E-state index is 10.5. The van der Waals surface area contributed by atoms with Crippen molar-refractivity contribution in [1.82, 2.24) is 5.32 Å². The number of hydrogen-bond acceptors (Lipinski definition) is 3. The van der Waals surface area contributed by atoms with Crippen LogP contribution >= 0.6 is 0 Å². The maximum atomic E-state index is 10.5. The number of nitro groups is 1. The number of rotatable bonds is 4. The van der Waals surface area contributed by atoms with Crippen LogP contribution in [-0.2, 0) is 6.54 Å². The molecular weight excluding hydrogens is 228 g/mol. The third-order valence-corrected chi connectivity index (χ3v) is 4.18. The highest BCUT2D eigenvalue weighted by molar-refractivity contribution is 5.32. The van der Waals surface area contributed by atoms with Gasteiger partial charge in [-0.2, -0.15) is 0 Å². The monoisotopic (exact) mass is 248 g/mol. The normalized spacial score (nSPS) is 27.3. The van der Waals surface area contributed by atoms with Gasteiger partial charge in [0.25, 0.3) is 5.69 Å². The zero-order valence-electron chi connectivity index (χ0n) is 10.9. The Labute approximate surface area is 108 Å². The lowest BCUT2D eigenvalue weighted by Crippen LogP contribution is -2.31. The van der Waals surface area contributed by atoms with Crippen LogP contribution in [0.3, 0.4) is 0 Å². The fourth-order valence-corrected chi connectivity index (χ4v) is 2.64. The highest BCUT2D eigenvalue weighted by Gasteiger charge is 2.28. The zero-order chi connectivity index (χ0) is 13.1. The van der Waals surface area contributed by atoms with Gasteiger partial charge in [-0.25, -0.2) is 0 Å². The van der Waals surface area contributed by atoms with E-state index in [0.717, 1.165) is 18.0 Å². The minimum atomic E-state index is -0.363. The zero-order valence-corrected chi connectivity index (χ0v) is 10.9. The molecule has 3 unspecified atom stereocenters. The van der Waals surface area contributed by atoms with Crippen LogP contribution in [0.15, 0.2) is 24.3 Å². The second kappa shape index (κ2) is 5.48. The van der Waals surface area contributed by atoms with Crippen molar-refractivity contribution in [2.45, 2.75) is 39.3 Å². The van der Waals surface area contributed by atoms with Crippen LogP contribution in [0, 0.1) is 22.0 Å². The third-order valence-electron chi connectivity index (χ3n) is 4.18. The molecule has 1 aromatic carbocycles. The molecule has 4 heteroatoms. The van der Waals surface area contributed by atoms with Gasteiger partial charge in [0, 0.05) is 24.7 Å². The van der Waals surface area contributed by atoms with E-state index in [4.69, 9.17) is 0 Å². The van der Waals surface area contributed by atoms with Crippen molar-refractivity contribution in [3.8, 4) is 0 Å². The summed E-state index contributed by atoms with van der Waals surface area (Å²) in [6.45, 7) is 5.39. The van der Waals surface area contributed by atoms with Crippen molar-refractivity contribution in [2.24, 2.45) is 11.8 Å². The molecule has 0 aliphatic heterocycles. The van der Waals surface area contributed by atoms with Crippen molar-refractivity contribution >= 4 is 5.69 Å². The van der Waals surface area contributed by atoms with E-state index >= 15 is 0 Å². The van der Waals surface area contributed by atoms with Crippen LogP contribution in [0.25, 0.3) is 0 Å². The van der Waals surface area contributed by atoms with Crippen molar-refractivity contribution < 1.29 is 4.92 Å². The number of nitro benzene ring substituents is 1. The van der Waals surface area contributed by atoms with Gasteiger partial charge < -0.3 is 5.32 Å². The molecule has 2 rings (SSSR count). The van der Waals surface area contributed by atoms with Crippen LogP contribution in [-0.4, -0.2) is 11.0 Å². The number of nitrogens with zero attached hydrogens (tertiary/aromatic N) is 1. The van der Waals surface area contributed by atoms with Crippen molar-refractivity contribution in [3.05, 3.63) is 39.9 Å². The Morgan fingerprint density at radius 1 is 1.28 bits per heavy atom. The minimum Gasteiger partial charge on any atom is -0.310 e. The molecule has 1 aromatic rings. The Bertz CT molecular complexity index is 416. The smallest absolute Gasteiger partial charge is 0.269 e. The molecule has 1 saturated carbocycles. The van der Waals surface area contributed by atoms with Gasteiger partial charge in [0.1, 0.15) is 0 Å². The molecule has 1 aliphatic rings. The summed E-state index contributed by atoms with van der Waals surface area (Å²) in [6.07, 6.45) is 2.52. The van der Waals surface area contributed by atoms with E-state index in [-0.39, 0.29) is 10.6 Å². The fraction of sp³-hybridized carbons (Fsp3) is 0.571. The van der Waals surface area contributed by atoms with Crippen LogP contribution in [0.2, 0.25) is 0 Å². The second-order valence-electron chi connectivity index (χ2n) is 5.32. The van der Waals surface area contributed by atoms with Crippen LogP contribution in [0.5, 0.6) is 0 Å². The molecule has 1 N–H and O–H groups in total. The molecule has 0 radical (unpaired) electrons. The Kier molecular flexibility index (Phi) is 3.97. The molecule has 1 aliphatic carbocycles. The maximum Gasteiger partial charge on any atom is 0.269 e. The van der Waals surface area contributed by atoms with Crippen LogP contribution in [0.1, 0.15) is 32.3 Å². The van der Waals surface area contributed by atoms with Gasteiger partial charge in [-0.15, -0.1) is 0 Å². The van der Waals surface area contributed by atoms with Gasteiger partial charge in [0.15, 0.2) is 0 Å². The lowest BCUT2D eigenvalue weighted by molar-refractivity contribution is -0.384. The summed E-state index contributed by atoms with van der Waals surface area (Å²) in [5.41, 5.74) is 1.26. The second-order valence-corrected chi connectivity index (χ2v) is 5.32. The summed E-state index contributed by atoms with van der Waals surface area (Å²) in [6, 6.07) is 7.37. The van der Waals surface area contributed by atoms with Gasteiger partial charge in [-0.3, -0.25) is 10.1 Å². The topological polar surface area (TPSA) is 55.2 Å². The van der Waals surface area contributed by atoms with E-state index in [1.165, 1.54) is 12.8 Å². The number of benzene rings is 1. The molecule has 0 bridgehead atoms. The molecule has 0 amide bonds. The molecule has 1 fully saturated rings. The van der Waals surface area contributed by atoms with Crippen molar-refractivity contribution in [3.63, 3.8) is 0 Å². The number of non-ortho nitro benzene ring substituents is 1. The molecule has 0 heterocycles. The minimum absolute atomic E-state index is 0.154. The van der Waals surface area contributed by atoms with Crippen molar-refractivity contribution in [2.75, 3.05) is 0 Å². The lowest BCUT2D eigenvalue weighted by Gasteiger charge is -2.19. The van der Waals surface area contributed by atoms with Gasteiger partial charge >= 0.3 is 0 Å². The summed E-state index contributed by atoms with van der Waals surface area (Å²) in [5.74, 6) is 1.50. The molecule has 0 saturated heterocycles. The average molecular weight is 248 g/mol. The number of hydrogen-bond donors (Lipinski definition) is 1. The lowest BCUT2D eigenvalue weighted by atomic mass is 9.98. The quantitative estimate of drug-likeness (QED) is 0.658. The summed E-state index contributed by atoms with van der Waals surface area (Å²) in [7, 11) is 0. The van der Waals surface area contributed by atoms with E-state index < -0.39 is 0 Å². The molecule has 4 nitrogen and oxygen atoms in total. The highest BCUT2D eigenvalue weighted by atomic mass is 16.6. The Morgan fingerprint density at radius 2 is 1.94 bits per heavy atom. The van der Waals surface area contributed by atoms with E-state index in [1.54, 1.807) is 12.1 Å². The van der Waals surface area contributed by atoms with Gasteiger partial charge in [-0.1, -0.05) is 26.0 Å². The molecule has 0 aromatic heterocycles. The summed E-state index contributed by atoms with van der Waals surface area (Å²) < 4.78 is 0. The van der Waals surface area contributed by atoms with E-state index in [1.807, 2.05) is 12.1 Å². The third kappa shape index (κ3) is 2.88. The van der Waals surface area contributed by atoms with E-state index in [2.05, 4.69) is 19.2 Å². The van der Waals surface area contributed by atoms with Crippen molar-refractivity contribution in [1.29, 1.82) is 0 Å². The largest absolute Gasteiger partial charge is 0.310 e. The fourth-order valence-electron chi connectivity index (χ4n) is 2.64. The molecular formula is C14H20N2O2. The first-order chi connectivity index (χ1) is 8.58. The van der Waals surface area contributed by atoms with E-state index in [9.17, 15) is 10.1 Å². The average Bonchev–Trinajstić information content (AvgIpc) is 2.68. The van der Waals surface area contributed by atoms with Crippen LogP contribution < -0.4 is 5.32 Å². The predicted octanol–water partition coefficient (Wildman–Crippen LogP) is 3.12. The van der Waals surface area contributed by atoms with E-state index in [0.29, 0.717) is 12.0 Å². The molecule has 18 heavy (non-hydrogen) atoms.